The number of carbonyl (C=O) groups is 1. The molecular formula is C17H17F2NO3. The highest BCUT2D eigenvalue weighted by Gasteiger charge is 2.12. The molecule has 122 valence electrons. The number of ether oxygens (including phenoxy) is 2. The summed E-state index contributed by atoms with van der Waals surface area (Å²) in [5, 5.41) is 2.25. The van der Waals surface area contributed by atoms with Crippen molar-refractivity contribution in [3.05, 3.63) is 53.6 Å². The molecule has 4 nitrogen and oxygen atoms in total. The Morgan fingerprint density at radius 1 is 1.04 bits per heavy atom. The van der Waals surface area contributed by atoms with Gasteiger partial charge in [-0.2, -0.15) is 0 Å². The van der Waals surface area contributed by atoms with Gasteiger partial charge < -0.3 is 14.8 Å². The molecule has 0 spiro atoms. The second-order valence-electron chi connectivity index (χ2n) is 4.87. The maximum atomic E-state index is 13.5. The maximum Gasteiger partial charge on any atom is 0.224 e. The maximum absolute atomic E-state index is 13.5. The highest BCUT2D eigenvalue weighted by Crippen LogP contribution is 2.24. The number of nitrogens with one attached hydrogen (secondary N) is 1. The van der Waals surface area contributed by atoms with Gasteiger partial charge >= 0.3 is 0 Å². The predicted molar refractivity (Wildman–Crippen MR) is 82.9 cm³/mol. The summed E-state index contributed by atoms with van der Waals surface area (Å²) < 4.78 is 37.3. The number of para-hydroxylation sites is 1. The number of halogens is 2. The Morgan fingerprint density at radius 2 is 1.61 bits per heavy atom. The van der Waals surface area contributed by atoms with Gasteiger partial charge in [-0.15, -0.1) is 0 Å². The van der Waals surface area contributed by atoms with Crippen molar-refractivity contribution in [2.75, 3.05) is 19.5 Å². The van der Waals surface area contributed by atoms with E-state index in [0.29, 0.717) is 17.9 Å². The zero-order chi connectivity index (χ0) is 16.8. The second-order valence-corrected chi connectivity index (χ2v) is 4.87. The third-order valence-electron chi connectivity index (χ3n) is 3.28. The van der Waals surface area contributed by atoms with Crippen molar-refractivity contribution in [1.82, 2.24) is 0 Å². The van der Waals surface area contributed by atoms with E-state index in [-0.39, 0.29) is 6.42 Å². The highest BCUT2D eigenvalue weighted by atomic mass is 19.1. The molecule has 2 aromatic rings. The average Bonchev–Trinajstić information content (AvgIpc) is 2.56. The lowest BCUT2D eigenvalue weighted by molar-refractivity contribution is -0.116. The minimum atomic E-state index is -0.804. The third-order valence-corrected chi connectivity index (χ3v) is 3.28. The van der Waals surface area contributed by atoms with Crippen LogP contribution in [-0.4, -0.2) is 20.1 Å². The highest BCUT2D eigenvalue weighted by molar-refractivity contribution is 5.91. The second kappa shape index (κ2) is 7.58. The molecule has 0 saturated carbocycles. The predicted octanol–water partition coefficient (Wildman–Crippen LogP) is 3.55. The fraction of sp³-hybridized carbons (Fsp3) is 0.235. The summed E-state index contributed by atoms with van der Waals surface area (Å²) in [7, 11) is 3.07. The summed E-state index contributed by atoms with van der Waals surface area (Å²) in [5.41, 5.74) is 0.395. The average molecular weight is 321 g/mol. The molecule has 0 aliphatic rings. The third kappa shape index (κ3) is 4.42. The zero-order valence-electron chi connectivity index (χ0n) is 12.9. The molecule has 2 rings (SSSR count). The number of hydrogen-bond acceptors (Lipinski definition) is 3. The van der Waals surface area contributed by atoms with Crippen molar-refractivity contribution in [2.24, 2.45) is 0 Å². The van der Waals surface area contributed by atoms with Gasteiger partial charge in [0, 0.05) is 12.5 Å². The molecule has 0 fully saturated rings. The Morgan fingerprint density at radius 3 is 2.13 bits per heavy atom. The number of hydrogen-bond donors (Lipinski definition) is 1. The first-order valence-corrected chi connectivity index (χ1v) is 6.99. The number of anilines is 1. The molecule has 0 bridgehead atoms. The lowest BCUT2D eigenvalue weighted by atomic mass is 10.1. The molecule has 1 amide bonds. The first kappa shape index (κ1) is 16.7. The van der Waals surface area contributed by atoms with Crippen molar-refractivity contribution >= 4 is 11.6 Å². The van der Waals surface area contributed by atoms with Gasteiger partial charge in [0.15, 0.2) is 0 Å². The molecule has 0 unspecified atom stereocenters. The van der Waals surface area contributed by atoms with Crippen molar-refractivity contribution in [2.45, 2.75) is 12.8 Å². The molecule has 6 heteroatoms. The Labute approximate surface area is 133 Å². The summed E-state index contributed by atoms with van der Waals surface area (Å²) in [6, 6.07) is 8.69. The summed E-state index contributed by atoms with van der Waals surface area (Å²) in [5.74, 6) is -0.863. The van der Waals surface area contributed by atoms with E-state index < -0.39 is 23.2 Å². The van der Waals surface area contributed by atoms with Gasteiger partial charge in [0.2, 0.25) is 5.91 Å². The first-order valence-electron chi connectivity index (χ1n) is 6.99. The van der Waals surface area contributed by atoms with Crippen LogP contribution >= 0.6 is 0 Å². The van der Waals surface area contributed by atoms with E-state index in [0.717, 1.165) is 17.7 Å². The molecular weight excluding hydrogens is 304 g/mol. The number of benzene rings is 2. The molecule has 0 radical (unpaired) electrons. The number of aryl methyl sites for hydroxylation is 1. The van der Waals surface area contributed by atoms with E-state index in [2.05, 4.69) is 5.32 Å². The Bertz CT molecular complexity index is 662. The van der Waals surface area contributed by atoms with Crippen LogP contribution in [0.4, 0.5) is 14.5 Å². The first-order chi connectivity index (χ1) is 11.0. The minimum absolute atomic E-state index is 0.0735. The van der Waals surface area contributed by atoms with Crippen LogP contribution in [0.5, 0.6) is 11.5 Å². The van der Waals surface area contributed by atoms with Gasteiger partial charge in [-0.3, -0.25) is 4.79 Å². The van der Waals surface area contributed by atoms with Gasteiger partial charge in [-0.05, 0) is 36.2 Å². The van der Waals surface area contributed by atoms with Crippen LogP contribution < -0.4 is 14.8 Å². The van der Waals surface area contributed by atoms with E-state index in [1.165, 1.54) is 20.3 Å². The molecule has 0 saturated heterocycles. The molecule has 0 aliphatic heterocycles. The van der Waals surface area contributed by atoms with Crippen LogP contribution in [-0.2, 0) is 11.2 Å². The largest absolute Gasteiger partial charge is 0.497 e. The number of amides is 1. The van der Waals surface area contributed by atoms with Crippen LogP contribution in [0.3, 0.4) is 0 Å². The summed E-state index contributed by atoms with van der Waals surface area (Å²) in [6.45, 7) is 0. The number of rotatable bonds is 6. The van der Waals surface area contributed by atoms with Gasteiger partial charge in [0.1, 0.15) is 28.8 Å². The molecule has 1 N–H and O–H groups in total. The summed E-state index contributed by atoms with van der Waals surface area (Å²) in [4.78, 5) is 11.9. The zero-order valence-corrected chi connectivity index (χ0v) is 12.9. The monoisotopic (exact) mass is 321 g/mol. The molecule has 0 aromatic heterocycles. The van der Waals surface area contributed by atoms with Gasteiger partial charge in [0.25, 0.3) is 0 Å². The normalized spacial score (nSPS) is 10.3. The minimum Gasteiger partial charge on any atom is -0.497 e. The number of carbonyl (C=O) groups excluding carboxylic acids is 1. The van der Waals surface area contributed by atoms with Gasteiger partial charge in [0.05, 0.1) is 14.2 Å². The van der Waals surface area contributed by atoms with E-state index in [9.17, 15) is 13.6 Å². The van der Waals surface area contributed by atoms with Gasteiger partial charge in [-0.1, -0.05) is 6.07 Å². The fourth-order valence-corrected chi connectivity index (χ4v) is 2.09. The van der Waals surface area contributed by atoms with Crippen molar-refractivity contribution in [3.63, 3.8) is 0 Å². The van der Waals surface area contributed by atoms with Crippen LogP contribution in [0, 0.1) is 11.6 Å². The SMILES string of the molecule is COc1cc(CCC(=O)Nc2c(F)cccc2F)cc(OC)c1. The van der Waals surface area contributed by atoms with E-state index >= 15 is 0 Å². The molecule has 23 heavy (non-hydrogen) atoms. The molecule has 2 aromatic carbocycles. The Hall–Kier alpha value is -2.63. The van der Waals surface area contributed by atoms with Crippen LogP contribution in [0.2, 0.25) is 0 Å². The quantitative estimate of drug-likeness (QED) is 0.885. The standard InChI is InChI=1S/C17H17F2NO3/c1-22-12-8-11(9-13(10-12)23-2)6-7-16(21)20-17-14(18)4-3-5-15(17)19/h3-5,8-10H,6-7H2,1-2H3,(H,20,21). The Kier molecular flexibility index (Phi) is 5.51. The summed E-state index contributed by atoms with van der Waals surface area (Å²) in [6.07, 6.45) is 0.458. The number of methoxy groups -OCH3 is 2. The fourth-order valence-electron chi connectivity index (χ4n) is 2.09. The lowest BCUT2D eigenvalue weighted by Crippen LogP contribution is -2.14. The summed E-state index contributed by atoms with van der Waals surface area (Å²) >= 11 is 0. The smallest absolute Gasteiger partial charge is 0.224 e. The van der Waals surface area contributed by atoms with Gasteiger partial charge in [-0.25, -0.2) is 8.78 Å². The van der Waals surface area contributed by atoms with Crippen molar-refractivity contribution < 1.29 is 23.0 Å². The van der Waals surface area contributed by atoms with Crippen LogP contribution in [0.1, 0.15) is 12.0 Å². The molecule has 0 aliphatic carbocycles. The lowest BCUT2D eigenvalue weighted by Gasteiger charge is -2.09. The van der Waals surface area contributed by atoms with Crippen molar-refractivity contribution in [1.29, 1.82) is 0 Å². The van der Waals surface area contributed by atoms with E-state index in [1.807, 2.05) is 0 Å². The van der Waals surface area contributed by atoms with Crippen molar-refractivity contribution in [3.8, 4) is 11.5 Å². The molecule has 0 heterocycles. The topological polar surface area (TPSA) is 47.6 Å². The van der Waals surface area contributed by atoms with Crippen LogP contribution in [0.15, 0.2) is 36.4 Å². The van der Waals surface area contributed by atoms with E-state index in [4.69, 9.17) is 9.47 Å². The Balaban J connectivity index is 2.02. The van der Waals surface area contributed by atoms with E-state index in [1.54, 1.807) is 18.2 Å². The van der Waals surface area contributed by atoms with Crippen LogP contribution in [0.25, 0.3) is 0 Å². The molecule has 0 atom stereocenters.